The molecule has 0 aromatic rings. The van der Waals surface area contributed by atoms with Gasteiger partial charge < -0.3 is 11.0 Å². The summed E-state index contributed by atoms with van der Waals surface area (Å²) in [5.74, 6) is 4.26. The molecule has 0 saturated heterocycles. The van der Waals surface area contributed by atoms with Crippen LogP contribution in [0.1, 0.15) is 65.2 Å². The van der Waals surface area contributed by atoms with E-state index in [9.17, 15) is 0 Å². The Kier molecular flexibility index (Phi) is 7.25. The van der Waals surface area contributed by atoms with Gasteiger partial charge in [0.05, 0.1) is 0 Å². The van der Waals surface area contributed by atoms with Crippen LogP contribution in [0, 0.1) is 23.7 Å². The van der Waals surface area contributed by atoms with Gasteiger partial charge in [0.2, 0.25) is 0 Å². The van der Waals surface area contributed by atoms with Crippen molar-refractivity contribution in [1.29, 1.82) is 0 Å². The van der Waals surface area contributed by atoms with Crippen LogP contribution in [0.5, 0.6) is 0 Å². The second-order valence-corrected chi connectivity index (χ2v) is 6.04. The van der Waals surface area contributed by atoms with Gasteiger partial charge in [-0.15, -0.1) is 0 Å². The fraction of sp³-hybridized carbons (Fsp3) is 1.00. The molecule has 0 radical (unpaired) electrons. The first-order valence-corrected chi connectivity index (χ1v) is 6.75. The van der Waals surface area contributed by atoms with Gasteiger partial charge in [0, 0.05) is 0 Å². The first kappa shape index (κ1) is 15.9. The summed E-state index contributed by atoms with van der Waals surface area (Å²) in [6.45, 7) is 4.86. The molecule has 2 saturated carbocycles. The average Bonchev–Trinajstić information content (AvgIpc) is 2.21. The van der Waals surface area contributed by atoms with Gasteiger partial charge in [0.1, 0.15) is 0 Å². The molecule has 2 fully saturated rings. The van der Waals surface area contributed by atoms with Crippen molar-refractivity contribution in [3.8, 4) is 0 Å². The predicted octanol–water partition coefficient (Wildman–Crippen LogP) is 2.99. The second kappa shape index (κ2) is 7.29. The zero-order valence-electron chi connectivity index (χ0n) is 11.0. The van der Waals surface area contributed by atoms with E-state index in [1.54, 1.807) is 25.7 Å². The molecule has 4 N–H and O–H groups in total. The summed E-state index contributed by atoms with van der Waals surface area (Å²) < 4.78 is 0. The Labute approximate surface area is 100 Å². The molecule has 0 amide bonds. The van der Waals surface area contributed by atoms with Crippen molar-refractivity contribution in [2.45, 2.75) is 65.2 Å². The van der Waals surface area contributed by atoms with Crippen molar-refractivity contribution < 1.29 is 11.0 Å². The van der Waals surface area contributed by atoms with Crippen molar-refractivity contribution in [3.05, 3.63) is 0 Å². The highest BCUT2D eigenvalue weighted by Crippen LogP contribution is 2.40. The molecule has 16 heavy (non-hydrogen) atoms. The van der Waals surface area contributed by atoms with Crippen LogP contribution in [0.15, 0.2) is 0 Å². The van der Waals surface area contributed by atoms with E-state index >= 15 is 0 Å². The van der Waals surface area contributed by atoms with E-state index in [0.29, 0.717) is 0 Å². The van der Waals surface area contributed by atoms with Crippen molar-refractivity contribution >= 4 is 0 Å². The van der Waals surface area contributed by atoms with Crippen molar-refractivity contribution in [1.82, 2.24) is 0 Å². The summed E-state index contributed by atoms with van der Waals surface area (Å²) in [6, 6.07) is 0. The van der Waals surface area contributed by atoms with Crippen molar-refractivity contribution in [3.63, 3.8) is 0 Å². The largest absolute Gasteiger partial charge is 0.412 e. The third kappa shape index (κ3) is 4.06. The molecule has 98 valence electrons. The van der Waals surface area contributed by atoms with Crippen LogP contribution in [-0.4, -0.2) is 11.0 Å². The second-order valence-electron chi connectivity index (χ2n) is 6.04. The minimum Gasteiger partial charge on any atom is -0.412 e. The number of hydrogen-bond donors (Lipinski definition) is 0. The van der Waals surface area contributed by atoms with E-state index in [-0.39, 0.29) is 11.0 Å². The Balaban J connectivity index is 0.00000112. The Morgan fingerprint density at radius 2 is 0.750 bits per heavy atom. The maximum Gasteiger partial charge on any atom is -0.0386 e. The predicted molar refractivity (Wildman–Crippen MR) is 69.5 cm³/mol. The van der Waals surface area contributed by atoms with Gasteiger partial charge >= 0.3 is 0 Å². The lowest BCUT2D eigenvalue weighted by atomic mass is 9.70. The fourth-order valence-electron chi connectivity index (χ4n) is 3.51. The summed E-state index contributed by atoms with van der Waals surface area (Å²) in [6.07, 6.45) is 12.2. The molecule has 0 aromatic heterocycles. The van der Waals surface area contributed by atoms with Crippen LogP contribution in [0.4, 0.5) is 0 Å². The summed E-state index contributed by atoms with van der Waals surface area (Å²) in [5.41, 5.74) is 0. The quantitative estimate of drug-likeness (QED) is 0.665. The molecule has 0 bridgehead atoms. The lowest BCUT2D eigenvalue weighted by molar-refractivity contribution is 0.155. The van der Waals surface area contributed by atoms with Gasteiger partial charge in [-0.2, -0.15) is 0 Å². The van der Waals surface area contributed by atoms with Crippen LogP contribution >= 0.6 is 0 Å². The van der Waals surface area contributed by atoms with Crippen LogP contribution in [-0.2, 0) is 0 Å². The molecule has 0 aliphatic heterocycles. The first-order chi connectivity index (χ1) is 6.75. The summed E-state index contributed by atoms with van der Waals surface area (Å²) in [4.78, 5) is 0. The molecular weight excluding hydrogens is 200 g/mol. The maximum atomic E-state index is 2.43. The highest BCUT2D eigenvalue weighted by Gasteiger charge is 2.28. The Morgan fingerprint density at radius 1 is 0.500 bits per heavy atom. The Morgan fingerprint density at radius 3 is 1.00 bits per heavy atom. The van der Waals surface area contributed by atoms with Gasteiger partial charge in [-0.3, -0.25) is 0 Å². The smallest absolute Gasteiger partial charge is 0.0386 e. The summed E-state index contributed by atoms with van der Waals surface area (Å²) in [7, 11) is 0. The Hall–Kier alpha value is -0.0800. The van der Waals surface area contributed by atoms with Gasteiger partial charge in [-0.05, 0) is 49.4 Å². The lowest BCUT2D eigenvalue weighted by Gasteiger charge is -2.36. The number of hydrogen-bond acceptors (Lipinski definition) is 0. The minimum absolute atomic E-state index is 0. The standard InChI is InChI=1S/C14H26.2H2O/c1-11-3-7-13(8-4-11)14-9-5-12(2)6-10-14;;/h11-14H,3-10H2,1-2H3;2*1H2. The highest BCUT2D eigenvalue weighted by molar-refractivity contribution is 4.80. The van der Waals surface area contributed by atoms with Crippen molar-refractivity contribution in [2.24, 2.45) is 23.7 Å². The van der Waals surface area contributed by atoms with Crippen LogP contribution in [0.2, 0.25) is 0 Å². The molecule has 2 rings (SSSR count). The van der Waals surface area contributed by atoms with E-state index in [1.165, 1.54) is 25.7 Å². The monoisotopic (exact) mass is 230 g/mol. The van der Waals surface area contributed by atoms with Crippen molar-refractivity contribution in [2.75, 3.05) is 0 Å². The molecule has 0 atom stereocenters. The lowest BCUT2D eigenvalue weighted by Crippen LogP contribution is -2.24. The SMILES string of the molecule is CC1CCC(C2CCC(C)CC2)CC1.O.O. The summed E-state index contributed by atoms with van der Waals surface area (Å²) in [5, 5.41) is 0. The summed E-state index contributed by atoms with van der Waals surface area (Å²) >= 11 is 0. The van der Waals surface area contributed by atoms with E-state index in [4.69, 9.17) is 0 Å². The Bertz CT molecular complexity index is 146. The normalized spacial score (nSPS) is 39.4. The maximum absolute atomic E-state index is 2.43. The molecule has 2 nitrogen and oxygen atoms in total. The highest BCUT2D eigenvalue weighted by atomic mass is 16.0. The van der Waals surface area contributed by atoms with Gasteiger partial charge in [-0.1, -0.05) is 39.5 Å². The zero-order chi connectivity index (χ0) is 9.97. The third-order valence-corrected chi connectivity index (χ3v) is 4.79. The van der Waals surface area contributed by atoms with E-state index in [1.807, 2.05) is 0 Å². The zero-order valence-corrected chi connectivity index (χ0v) is 11.0. The van der Waals surface area contributed by atoms with E-state index < -0.39 is 0 Å². The minimum atomic E-state index is 0. The number of rotatable bonds is 1. The molecule has 0 spiro atoms. The molecule has 2 heteroatoms. The molecule has 0 heterocycles. The molecule has 2 aliphatic carbocycles. The van der Waals surface area contributed by atoms with Gasteiger partial charge in [0.25, 0.3) is 0 Å². The van der Waals surface area contributed by atoms with Gasteiger partial charge in [0.15, 0.2) is 0 Å². The molecule has 2 aliphatic rings. The third-order valence-electron chi connectivity index (χ3n) is 4.79. The van der Waals surface area contributed by atoms with Crippen LogP contribution < -0.4 is 0 Å². The first-order valence-electron chi connectivity index (χ1n) is 6.75. The van der Waals surface area contributed by atoms with Crippen LogP contribution in [0.3, 0.4) is 0 Å². The van der Waals surface area contributed by atoms with Crippen LogP contribution in [0.25, 0.3) is 0 Å². The molecular formula is C14H30O2. The molecule has 0 unspecified atom stereocenters. The topological polar surface area (TPSA) is 63.0 Å². The molecule has 0 aromatic carbocycles. The van der Waals surface area contributed by atoms with Gasteiger partial charge in [-0.25, -0.2) is 0 Å². The average molecular weight is 230 g/mol. The van der Waals surface area contributed by atoms with E-state index in [0.717, 1.165) is 23.7 Å². The van der Waals surface area contributed by atoms with E-state index in [2.05, 4.69) is 13.8 Å². The fourth-order valence-corrected chi connectivity index (χ4v) is 3.51.